The summed E-state index contributed by atoms with van der Waals surface area (Å²) in [5.41, 5.74) is 6.65. The Hall–Kier alpha value is -1.50. The van der Waals surface area contributed by atoms with Crippen molar-refractivity contribution in [1.82, 2.24) is 0 Å². The Bertz CT molecular complexity index is 532. The first-order valence-corrected chi connectivity index (χ1v) is 8.81. The molecule has 0 N–H and O–H groups in total. The summed E-state index contributed by atoms with van der Waals surface area (Å²) >= 11 is 0. The molecule has 0 aliphatic heterocycles. The highest BCUT2D eigenvalue weighted by atomic mass is 16.5. The van der Waals surface area contributed by atoms with Gasteiger partial charge in [-0.05, 0) is 59.4 Å². The molecule has 0 saturated carbocycles. The minimum atomic E-state index is 0.0425. The summed E-state index contributed by atoms with van der Waals surface area (Å²) in [6.45, 7) is 21.5. The minimum Gasteiger partial charge on any atom is -0.493 e. The van der Waals surface area contributed by atoms with Gasteiger partial charge in [-0.2, -0.15) is 0 Å². The fourth-order valence-electron chi connectivity index (χ4n) is 2.81. The molecule has 0 unspecified atom stereocenters. The summed E-state index contributed by atoms with van der Waals surface area (Å²) < 4.78 is 6.03. The van der Waals surface area contributed by atoms with Crippen LogP contribution >= 0.6 is 0 Å². The predicted octanol–water partition coefficient (Wildman–Crippen LogP) is 7.22. The summed E-state index contributed by atoms with van der Waals surface area (Å²) in [4.78, 5) is 0. The average molecular weight is 315 g/mol. The normalized spacial score (nSPS) is 13.8. The van der Waals surface area contributed by atoms with E-state index in [9.17, 15) is 0 Å². The zero-order valence-corrected chi connectivity index (χ0v) is 16.2. The van der Waals surface area contributed by atoms with E-state index in [1.807, 2.05) is 19.3 Å². The summed E-state index contributed by atoms with van der Waals surface area (Å²) in [7, 11) is 0. The molecule has 23 heavy (non-hydrogen) atoms. The van der Waals surface area contributed by atoms with E-state index in [1.165, 1.54) is 22.3 Å². The molecule has 0 aliphatic rings. The van der Waals surface area contributed by atoms with E-state index < -0.39 is 0 Å². The van der Waals surface area contributed by atoms with Crippen molar-refractivity contribution in [2.75, 3.05) is 0 Å². The van der Waals surface area contributed by atoms with Gasteiger partial charge < -0.3 is 4.74 Å². The highest BCUT2D eigenvalue weighted by Gasteiger charge is 2.21. The predicted molar refractivity (Wildman–Crippen MR) is 102 cm³/mol. The molecule has 0 aliphatic carbocycles. The zero-order valence-electron chi connectivity index (χ0n) is 16.2. The molecule has 1 rings (SSSR count). The summed E-state index contributed by atoms with van der Waals surface area (Å²) in [6, 6.07) is 4.75. The molecule has 128 valence electrons. The monoisotopic (exact) mass is 314 g/mol. The third-order valence-corrected chi connectivity index (χ3v) is 4.36. The maximum absolute atomic E-state index is 6.03. The van der Waals surface area contributed by atoms with Gasteiger partial charge in [0.15, 0.2) is 0 Å². The molecule has 0 amide bonds. The second-order valence-corrected chi connectivity index (χ2v) is 7.42. The first-order valence-electron chi connectivity index (χ1n) is 8.81. The Morgan fingerprint density at radius 2 is 1.39 bits per heavy atom. The van der Waals surface area contributed by atoms with E-state index in [1.54, 1.807) is 0 Å². The van der Waals surface area contributed by atoms with E-state index >= 15 is 0 Å². The number of hydrogen-bond donors (Lipinski definition) is 0. The lowest BCUT2D eigenvalue weighted by molar-refractivity contribution is 0.160. The van der Waals surface area contributed by atoms with Crippen molar-refractivity contribution in [3.8, 4) is 0 Å². The van der Waals surface area contributed by atoms with Crippen LogP contribution < -0.4 is 0 Å². The fourth-order valence-corrected chi connectivity index (χ4v) is 2.81. The lowest BCUT2D eigenvalue weighted by atomic mass is 9.82. The van der Waals surface area contributed by atoms with E-state index in [-0.39, 0.29) is 6.10 Å². The molecular weight excluding hydrogens is 280 g/mol. The Kier molecular flexibility index (Phi) is 7.12. The summed E-state index contributed by atoms with van der Waals surface area (Å²) in [5, 5.41) is 0. The highest BCUT2D eigenvalue weighted by molar-refractivity contribution is 5.45. The molecule has 1 nitrogen and oxygen atoms in total. The summed E-state index contributed by atoms with van der Waals surface area (Å²) in [5.74, 6) is 1.51. The molecule has 0 spiro atoms. The van der Waals surface area contributed by atoms with Crippen LogP contribution in [0.15, 0.2) is 36.6 Å². The quantitative estimate of drug-likeness (QED) is 0.381. The Labute approximate surface area is 143 Å². The van der Waals surface area contributed by atoms with E-state index in [2.05, 4.69) is 67.2 Å². The van der Waals surface area contributed by atoms with Gasteiger partial charge in [-0.25, -0.2) is 0 Å². The van der Waals surface area contributed by atoms with E-state index in [0.717, 1.165) is 5.57 Å². The van der Waals surface area contributed by atoms with Crippen LogP contribution in [-0.2, 0) is 4.74 Å². The number of allylic oxidation sites excluding steroid dienone is 2. The Balaban J connectivity index is 3.45. The number of ether oxygens (including phenoxy) is 1. The number of hydrogen-bond acceptors (Lipinski definition) is 1. The molecule has 0 bridgehead atoms. The Morgan fingerprint density at radius 3 is 1.74 bits per heavy atom. The van der Waals surface area contributed by atoms with Gasteiger partial charge >= 0.3 is 0 Å². The second kappa shape index (κ2) is 8.38. The van der Waals surface area contributed by atoms with Crippen LogP contribution in [-0.4, -0.2) is 0 Å². The van der Waals surface area contributed by atoms with Crippen LogP contribution in [0.4, 0.5) is 0 Å². The maximum Gasteiger partial charge on any atom is 0.121 e. The number of rotatable bonds is 7. The molecule has 0 fully saturated rings. The number of benzene rings is 1. The molecule has 1 heteroatoms. The molecule has 0 saturated heterocycles. The smallest absolute Gasteiger partial charge is 0.121 e. The largest absolute Gasteiger partial charge is 0.493 e. The molecule has 1 aromatic carbocycles. The van der Waals surface area contributed by atoms with Crippen molar-refractivity contribution in [3.05, 3.63) is 58.9 Å². The minimum absolute atomic E-state index is 0.0425. The van der Waals surface area contributed by atoms with Gasteiger partial charge in [0.1, 0.15) is 6.10 Å². The summed E-state index contributed by atoms with van der Waals surface area (Å²) in [6.07, 6.45) is 3.68. The van der Waals surface area contributed by atoms with Crippen LogP contribution in [0.25, 0.3) is 0 Å². The molecule has 0 aromatic heterocycles. The van der Waals surface area contributed by atoms with Gasteiger partial charge in [-0.1, -0.05) is 66.3 Å². The van der Waals surface area contributed by atoms with Crippen molar-refractivity contribution in [2.24, 2.45) is 0 Å². The van der Waals surface area contributed by atoms with Crippen LogP contribution in [0, 0.1) is 0 Å². The lowest BCUT2D eigenvalue weighted by Crippen LogP contribution is -2.10. The lowest BCUT2D eigenvalue weighted by Gasteiger charge is -2.26. The third-order valence-electron chi connectivity index (χ3n) is 4.36. The first-order chi connectivity index (χ1) is 10.7. The third kappa shape index (κ3) is 4.99. The highest BCUT2D eigenvalue weighted by Crippen LogP contribution is 2.37. The van der Waals surface area contributed by atoms with Gasteiger partial charge in [0.2, 0.25) is 0 Å². The Morgan fingerprint density at radius 1 is 0.913 bits per heavy atom. The van der Waals surface area contributed by atoms with Crippen molar-refractivity contribution >= 4 is 0 Å². The van der Waals surface area contributed by atoms with Gasteiger partial charge in [0.05, 0.1) is 6.26 Å². The average Bonchev–Trinajstić information content (AvgIpc) is 2.50. The second-order valence-electron chi connectivity index (χ2n) is 7.42. The fraction of sp³-hybridized carbons (Fsp3) is 0.545. The van der Waals surface area contributed by atoms with Crippen molar-refractivity contribution in [3.63, 3.8) is 0 Å². The standard InChI is InChI=1S/C22H34O/c1-10-17(8)13-23-18(9)22-20(15(4)5)11-19(14(2)3)12-21(22)16(6)7/h10-16,18H,1H2,2-9H3/b17-13-/t18-/m1/s1. The van der Waals surface area contributed by atoms with Crippen molar-refractivity contribution < 1.29 is 4.74 Å². The molecule has 1 atom stereocenters. The van der Waals surface area contributed by atoms with Gasteiger partial charge in [-0.3, -0.25) is 0 Å². The van der Waals surface area contributed by atoms with Crippen LogP contribution in [0.1, 0.15) is 102 Å². The molecular formula is C22H34O. The molecule has 1 aromatic rings. The van der Waals surface area contributed by atoms with E-state index in [4.69, 9.17) is 4.74 Å². The van der Waals surface area contributed by atoms with E-state index in [0.29, 0.717) is 17.8 Å². The van der Waals surface area contributed by atoms with Gasteiger partial charge in [0.25, 0.3) is 0 Å². The molecule has 0 heterocycles. The zero-order chi connectivity index (χ0) is 17.7. The maximum atomic E-state index is 6.03. The van der Waals surface area contributed by atoms with Crippen LogP contribution in [0.5, 0.6) is 0 Å². The van der Waals surface area contributed by atoms with Gasteiger partial charge in [-0.15, -0.1) is 0 Å². The molecule has 0 radical (unpaired) electrons. The van der Waals surface area contributed by atoms with Gasteiger partial charge in [0, 0.05) is 0 Å². The first kappa shape index (κ1) is 19.5. The van der Waals surface area contributed by atoms with Crippen molar-refractivity contribution in [2.45, 2.75) is 79.2 Å². The SMILES string of the molecule is C=C/C(C)=C\O[C@H](C)c1c(C(C)C)cc(C(C)C)cc1C(C)C. The van der Waals surface area contributed by atoms with Crippen LogP contribution in [0.3, 0.4) is 0 Å². The van der Waals surface area contributed by atoms with Crippen LogP contribution in [0.2, 0.25) is 0 Å². The topological polar surface area (TPSA) is 9.23 Å². The van der Waals surface area contributed by atoms with Crippen molar-refractivity contribution in [1.29, 1.82) is 0 Å².